The Labute approximate surface area is 83.3 Å². The molecule has 3 nitrogen and oxygen atoms in total. The standard InChI is InChI=1S/C11H13N3/c12-5-8-1-2-14(7-8)11-4-10-3-9(11)6-13-10/h1-2,7,9-11,13H,3-4,6H2. The molecular weight excluding hydrogens is 174 g/mol. The smallest absolute Gasteiger partial charge is 0.101 e. The van der Waals surface area contributed by atoms with Crippen LogP contribution in [0.1, 0.15) is 24.4 Å². The molecule has 2 aliphatic rings. The third-order valence-electron chi connectivity index (χ3n) is 3.55. The molecule has 1 aromatic heterocycles. The van der Waals surface area contributed by atoms with Gasteiger partial charge in [-0.25, -0.2) is 0 Å². The SMILES string of the molecule is N#Cc1ccn(C2CC3CC2CN3)c1. The van der Waals surface area contributed by atoms with Crippen molar-refractivity contribution in [3.63, 3.8) is 0 Å². The van der Waals surface area contributed by atoms with Crippen LogP contribution >= 0.6 is 0 Å². The molecule has 3 unspecified atom stereocenters. The lowest BCUT2D eigenvalue weighted by Crippen LogP contribution is -2.30. The Morgan fingerprint density at radius 1 is 1.50 bits per heavy atom. The summed E-state index contributed by atoms with van der Waals surface area (Å²) in [5.41, 5.74) is 0.778. The average molecular weight is 187 g/mol. The first-order chi connectivity index (χ1) is 6.86. The molecule has 3 rings (SSSR count). The van der Waals surface area contributed by atoms with Crippen LogP contribution in [-0.4, -0.2) is 17.2 Å². The van der Waals surface area contributed by atoms with Crippen LogP contribution in [0, 0.1) is 17.2 Å². The number of hydrogen-bond donors (Lipinski definition) is 1. The molecule has 1 aliphatic carbocycles. The quantitative estimate of drug-likeness (QED) is 0.719. The predicted molar refractivity (Wildman–Crippen MR) is 52.7 cm³/mol. The summed E-state index contributed by atoms with van der Waals surface area (Å²) in [6.07, 6.45) is 6.56. The molecule has 3 heteroatoms. The van der Waals surface area contributed by atoms with Crippen LogP contribution in [-0.2, 0) is 0 Å². The Hall–Kier alpha value is -1.27. The highest BCUT2D eigenvalue weighted by atomic mass is 15.1. The van der Waals surface area contributed by atoms with Crippen LogP contribution in [0.15, 0.2) is 18.5 Å². The summed E-state index contributed by atoms with van der Waals surface area (Å²) in [5, 5.41) is 12.2. The molecule has 72 valence electrons. The molecule has 0 radical (unpaired) electrons. The van der Waals surface area contributed by atoms with Crippen LogP contribution in [0.4, 0.5) is 0 Å². The Balaban J connectivity index is 1.86. The lowest BCUT2D eigenvalue weighted by atomic mass is 10.0. The van der Waals surface area contributed by atoms with Gasteiger partial charge in [0, 0.05) is 31.0 Å². The van der Waals surface area contributed by atoms with Gasteiger partial charge >= 0.3 is 0 Å². The topological polar surface area (TPSA) is 40.8 Å². The van der Waals surface area contributed by atoms with Crippen molar-refractivity contribution in [2.24, 2.45) is 5.92 Å². The second kappa shape index (κ2) is 2.86. The van der Waals surface area contributed by atoms with Gasteiger partial charge in [-0.3, -0.25) is 0 Å². The zero-order valence-corrected chi connectivity index (χ0v) is 7.98. The fourth-order valence-corrected chi connectivity index (χ4v) is 2.86. The summed E-state index contributed by atoms with van der Waals surface area (Å²) in [6.45, 7) is 1.15. The Morgan fingerprint density at radius 2 is 2.43 bits per heavy atom. The molecule has 0 amide bonds. The number of fused-ring (bicyclic) bond motifs is 2. The van der Waals surface area contributed by atoms with Gasteiger partial charge in [0.15, 0.2) is 0 Å². The van der Waals surface area contributed by atoms with Gasteiger partial charge in [-0.2, -0.15) is 5.26 Å². The van der Waals surface area contributed by atoms with E-state index in [4.69, 9.17) is 5.26 Å². The summed E-state index contributed by atoms with van der Waals surface area (Å²) >= 11 is 0. The van der Waals surface area contributed by atoms with E-state index < -0.39 is 0 Å². The van der Waals surface area contributed by atoms with Crippen molar-refractivity contribution in [2.45, 2.75) is 24.9 Å². The van der Waals surface area contributed by atoms with Crippen molar-refractivity contribution in [2.75, 3.05) is 6.54 Å². The van der Waals surface area contributed by atoms with Crippen LogP contribution < -0.4 is 5.32 Å². The number of nitrogens with one attached hydrogen (secondary N) is 1. The van der Waals surface area contributed by atoms with Crippen LogP contribution in [0.2, 0.25) is 0 Å². The van der Waals surface area contributed by atoms with E-state index in [0.717, 1.165) is 24.1 Å². The monoisotopic (exact) mass is 187 g/mol. The summed E-state index contributed by atoms with van der Waals surface area (Å²) in [6, 6.07) is 5.43. The first-order valence-corrected chi connectivity index (χ1v) is 5.18. The van der Waals surface area contributed by atoms with Gasteiger partial charge in [-0.15, -0.1) is 0 Å². The van der Waals surface area contributed by atoms with E-state index in [0.29, 0.717) is 6.04 Å². The molecule has 1 saturated carbocycles. The van der Waals surface area contributed by atoms with Gasteiger partial charge in [0.05, 0.1) is 5.56 Å². The van der Waals surface area contributed by atoms with Gasteiger partial charge < -0.3 is 9.88 Å². The minimum Gasteiger partial charge on any atom is -0.350 e. The summed E-state index contributed by atoms with van der Waals surface area (Å²) < 4.78 is 2.23. The molecule has 2 fully saturated rings. The summed E-state index contributed by atoms with van der Waals surface area (Å²) in [7, 11) is 0. The normalized spacial score (nSPS) is 34.6. The molecule has 14 heavy (non-hydrogen) atoms. The number of hydrogen-bond acceptors (Lipinski definition) is 2. The number of nitriles is 1. The highest BCUT2D eigenvalue weighted by Crippen LogP contribution is 2.39. The third kappa shape index (κ3) is 1.08. The van der Waals surface area contributed by atoms with Crippen molar-refractivity contribution in [1.29, 1.82) is 5.26 Å². The zero-order chi connectivity index (χ0) is 9.54. The zero-order valence-electron chi connectivity index (χ0n) is 7.98. The van der Waals surface area contributed by atoms with Gasteiger partial charge in [0.2, 0.25) is 0 Å². The highest BCUT2D eigenvalue weighted by Gasteiger charge is 2.39. The van der Waals surface area contributed by atoms with Crippen molar-refractivity contribution in [3.05, 3.63) is 24.0 Å². The minimum absolute atomic E-state index is 0.628. The largest absolute Gasteiger partial charge is 0.350 e. The van der Waals surface area contributed by atoms with E-state index in [-0.39, 0.29) is 0 Å². The fraction of sp³-hybridized carbons (Fsp3) is 0.545. The fourth-order valence-electron chi connectivity index (χ4n) is 2.86. The Morgan fingerprint density at radius 3 is 3.00 bits per heavy atom. The van der Waals surface area contributed by atoms with Crippen LogP contribution in [0.3, 0.4) is 0 Å². The Bertz CT molecular complexity index is 387. The first-order valence-electron chi connectivity index (χ1n) is 5.18. The van der Waals surface area contributed by atoms with E-state index >= 15 is 0 Å². The van der Waals surface area contributed by atoms with Gasteiger partial charge in [0.1, 0.15) is 6.07 Å². The van der Waals surface area contributed by atoms with E-state index in [2.05, 4.69) is 16.0 Å². The van der Waals surface area contributed by atoms with Gasteiger partial charge in [-0.05, 0) is 24.8 Å². The van der Waals surface area contributed by atoms with Crippen molar-refractivity contribution in [1.82, 2.24) is 9.88 Å². The average Bonchev–Trinajstić information content (AvgIpc) is 2.93. The maximum Gasteiger partial charge on any atom is 0.101 e. The molecule has 0 aromatic carbocycles. The molecule has 3 atom stereocenters. The number of rotatable bonds is 1. The summed E-state index contributed by atoms with van der Waals surface area (Å²) in [5.74, 6) is 0.777. The van der Waals surface area contributed by atoms with E-state index in [1.807, 2.05) is 18.5 Å². The maximum atomic E-state index is 8.75. The predicted octanol–water partition coefficient (Wildman–Crippen LogP) is 1.28. The van der Waals surface area contributed by atoms with Crippen molar-refractivity contribution >= 4 is 0 Å². The van der Waals surface area contributed by atoms with E-state index in [9.17, 15) is 0 Å². The second-order valence-corrected chi connectivity index (χ2v) is 4.36. The maximum absolute atomic E-state index is 8.75. The van der Waals surface area contributed by atoms with E-state index in [1.54, 1.807) is 0 Å². The molecule has 1 aromatic rings. The molecule has 2 heterocycles. The first kappa shape index (κ1) is 8.07. The molecule has 1 N–H and O–H groups in total. The van der Waals surface area contributed by atoms with Gasteiger partial charge in [0.25, 0.3) is 0 Å². The number of piperidine rings is 1. The lowest BCUT2D eigenvalue weighted by molar-refractivity contribution is 0.347. The lowest BCUT2D eigenvalue weighted by Gasteiger charge is -2.23. The van der Waals surface area contributed by atoms with Crippen molar-refractivity contribution in [3.8, 4) is 6.07 Å². The number of nitrogens with zero attached hydrogens (tertiary/aromatic N) is 2. The molecule has 1 saturated heterocycles. The molecule has 1 aliphatic heterocycles. The molecular formula is C11H13N3. The highest BCUT2D eigenvalue weighted by molar-refractivity contribution is 5.26. The second-order valence-electron chi connectivity index (χ2n) is 4.36. The van der Waals surface area contributed by atoms with Crippen LogP contribution in [0.25, 0.3) is 0 Å². The summed E-state index contributed by atoms with van der Waals surface area (Å²) in [4.78, 5) is 0. The number of aromatic nitrogens is 1. The van der Waals surface area contributed by atoms with E-state index in [1.165, 1.54) is 12.8 Å². The Kier molecular flexibility index (Phi) is 1.65. The van der Waals surface area contributed by atoms with Crippen molar-refractivity contribution < 1.29 is 0 Å². The molecule has 0 spiro atoms. The van der Waals surface area contributed by atoms with Gasteiger partial charge in [-0.1, -0.05) is 0 Å². The molecule has 2 bridgehead atoms. The van der Waals surface area contributed by atoms with Crippen LogP contribution in [0.5, 0.6) is 0 Å². The minimum atomic E-state index is 0.628. The third-order valence-corrected chi connectivity index (χ3v) is 3.55.